The number of hydrogen-bond donors (Lipinski definition) is 3. The van der Waals surface area contributed by atoms with Crippen molar-refractivity contribution in [3.8, 4) is 17.0 Å². The van der Waals surface area contributed by atoms with Gasteiger partial charge in [-0.05, 0) is 6.07 Å². The van der Waals surface area contributed by atoms with Crippen LogP contribution in [-0.2, 0) is 35.9 Å². The summed E-state index contributed by atoms with van der Waals surface area (Å²) >= 11 is 0. The molecule has 0 aliphatic carbocycles. The number of hydrogen-bond acceptors (Lipinski definition) is 9. The van der Waals surface area contributed by atoms with E-state index < -0.39 is 11.2 Å². The van der Waals surface area contributed by atoms with Gasteiger partial charge >= 0.3 is 0 Å². The summed E-state index contributed by atoms with van der Waals surface area (Å²) in [6.07, 6.45) is 4.89. The van der Waals surface area contributed by atoms with E-state index in [1.807, 2.05) is 18.3 Å². The fourth-order valence-electron chi connectivity index (χ4n) is 4.88. The van der Waals surface area contributed by atoms with Crippen LogP contribution in [0.5, 0.6) is 5.75 Å². The zero-order valence-electron chi connectivity index (χ0n) is 19.3. The molecule has 1 unspecified atom stereocenters. The molecule has 184 valence electrons. The molecule has 6 rings (SSSR count). The van der Waals surface area contributed by atoms with E-state index in [1.54, 1.807) is 6.20 Å². The van der Waals surface area contributed by atoms with E-state index in [1.165, 1.54) is 6.92 Å². The predicted octanol–water partition coefficient (Wildman–Crippen LogP) is 2.41. The van der Waals surface area contributed by atoms with E-state index in [0.29, 0.717) is 49.9 Å². The molecular weight excluding hydrogens is 456 g/mol. The molecular formula is C24H26N4O7. The van der Waals surface area contributed by atoms with Gasteiger partial charge in [-0.1, -0.05) is 0 Å². The van der Waals surface area contributed by atoms with Crippen molar-refractivity contribution >= 4 is 22.6 Å². The molecule has 11 heteroatoms. The Bertz CT molecular complexity index is 1270. The van der Waals surface area contributed by atoms with Crippen molar-refractivity contribution in [2.75, 3.05) is 45.0 Å². The molecule has 1 atom stereocenters. The Labute approximate surface area is 200 Å². The standard InChI is InChI=1S/C24H26N4O7/c1-14(29)27-21-6-16-17(8-25-19(16)9-26-21)18-7-20(33-12-23(35-30)10-32-11-23)15-2-4-34-24(22(15)28-18)3-5-31-13-24/h6-9,25,30H,2-5,10-13H2,1H3,(H,26,27,29). The van der Waals surface area contributed by atoms with Crippen molar-refractivity contribution in [1.29, 1.82) is 0 Å². The van der Waals surface area contributed by atoms with Gasteiger partial charge in [-0.15, -0.1) is 0 Å². The largest absolute Gasteiger partial charge is 0.490 e. The predicted molar refractivity (Wildman–Crippen MR) is 123 cm³/mol. The second-order valence-corrected chi connectivity index (χ2v) is 9.28. The number of ether oxygens (including phenoxy) is 4. The first kappa shape index (κ1) is 22.4. The molecule has 1 amide bonds. The summed E-state index contributed by atoms with van der Waals surface area (Å²) in [5.74, 6) is 0.918. The van der Waals surface area contributed by atoms with E-state index >= 15 is 0 Å². The summed E-state index contributed by atoms with van der Waals surface area (Å²) < 4.78 is 23.4. The molecule has 3 aromatic rings. The minimum Gasteiger partial charge on any atom is -0.490 e. The molecule has 2 saturated heterocycles. The van der Waals surface area contributed by atoms with Crippen LogP contribution in [0.2, 0.25) is 0 Å². The minimum atomic E-state index is -0.880. The summed E-state index contributed by atoms with van der Waals surface area (Å²) in [7, 11) is 0. The Morgan fingerprint density at radius 3 is 2.86 bits per heavy atom. The van der Waals surface area contributed by atoms with E-state index in [2.05, 4.69) is 20.2 Å². The fourth-order valence-corrected chi connectivity index (χ4v) is 4.88. The Kier molecular flexibility index (Phi) is 5.46. The van der Waals surface area contributed by atoms with Gasteiger partial charge in [0.1, 0.15) is 23.8 Å². The molecule has 11 nitrogen and oxygen atoms in total. The number of amides is 1. The topological polar surface area (TPSA) is 137 Å². The maximum Gasteiger partial charge on any atom is 0.222 e. The molecule has 2 fully saturated rings. The van der Waals surface area contributed by atoms with Crippen molar-refractivity contribution in [2.24, 2.45) is 0 Å². The summed E-state index contributed by atoms with van der Waals surface area (Å²) in [6, 6.07) is 3.72. The van der Waals surface area contributed by atoms with E-state index in [4.69, 9.17) is 23.9 Å². The van der Waals surface area contributed by atoms with Gasteiger partial charge in [-0.25, -0.2) is 14.9 Å². The molecule has 3 aliphatic rings. The van der Waals surface area contributed by atoms with Crippen LogP contribution < -0.4 is 10.1 Å². The molecule has 1 spiro atoms. The lowest BCUT2D eigenvalue weighted by molar-refractivity contribution is -0.382. The van der Waals surface area contributed by atoms with Crippen LogP contribution in [0.4, 0.5) is 5.82 Å². The van der Waals surface area contributed by atoms with Crippen LogP contribution in [-0.4, -0.2) is 71.4 Å². The van der Waals surface area contributed by atoms with Gasteiger partial charge in [-0.3, -0.25) is 10.1 Å². The lowest BCUT2D eigenvalue weighted by atomic mass is 9.89. The third kappa shape index (κ3) is 3.85. The first-order valence-electron chi connectivity index (χ1n) is 11.6. The van der Waals surface area contributed by atoms with Crippen LogP contribution in [0, 0.1) is 0 Å². The highest BCUT2D eigenvalue weighted by Crippen LogP contribution is 2.44. The van der Waals surface area contributed by atoms with Crippen molar-refractivity contribution in [3.05, 3.63) is 35.8 Å². The Morgan fingerprint density at radius 2 is 2.14 bits per heavy atom. The number of anilines is 1. The van der Waals surface area contributed by atoms with Gasteiger partial charge in [0, 0.05) is 55.1 Å². The first-order chi connectivity index (χ1) is 17.0. The smallest absolute Gasteiger partial charge is 0.222 e. The SMILES string of the molecule is CC(=O)Nc1cc2c(-c3cc(OCC4(OO)COC4)c4c(n3)C3(CCOC3)OCC4)c[nH]c2cn1. The number of rotatable bonds is 6. The van der Waals surface area contributed by atoms with Gasteiger partial charge < -0.3 is 29.2 Å². The lowest BCUT2D eigenvalue weighted by Gasteiger charge is -2.38. The molecule has 3 aromatic heterocycles. The number of nitrogens with zero attached hydrogens (tertiary/aromatic N) is 2. The van der Waals surface area contributed by atoms with Gasteiger partial charge in [0.2, 0.25) is 5.91 Å². The summed E-state index contributed by atoms with van der Waals surface area (Å²) in [5.41, 5.74) is 2.61. The second-order valence-electron chi connectivity index (χ2n) is 9.28. The number of pyridine rings is 2. The quantitative estimate of drug-likeness (QED) is 0.357. The number of aromatic amines is 1. The number of carbonyl (C=O) groups excluding carboxylic acids is 1. The summed E-state index contributed by atoms with van der Waals surface area (Å²) in [6.45, 7) is 3.65. The number of H-pyrrole nitrogens is 1. The number of carbonyl (C=O) groups is 1. The van der Waals surface area contributed by atoms with Crippen molar-refractivity contribution in [1.82, 2.24) is 15.0 Å². The maximum atomic E-state index is 11.5. The number of fused-ring (bicyclic) bond motifs is 3. The zero-order chi connectivity index (χ0) is 24.0. The van der Waals surface area contributed by atoms with Crippen LogP contribution >= 0.6 is 0 Å². The average molecular weight is 482 g/mol. The van der Waals surface area contributed by atoms with Gasteiger partial charge in [0.25, 0.3) is 0 Å². The van der Waals surface area contributed by atoms with Gasteiger partial charge in [-0.2, -0.15) is 0 Å². The average Bonchev–Trinajstić information content (AvgIpc) is 3.46. The molecule has 0 aromatic carbocycles. The van der Waals surface area contributed by atoms with Crippen LogP contribution in [0.25, 0.3) is 22.2 Å². The molecule has 0 saturated carbocycles. The van der Waals surface area contributed by atoms with Gasteiger partial charge in [0.15, 0.2) is 5.60 Å². The highest BCUT2D eigenvalue weighted by Gasteiger charge is 2.46. The number of aromatic nitrogens is 3. The van der Waals surface area contributed by atoms with Crippen LogP contribution in [0.15, 0.2) is 24.5 Å². The second kappa shape index (κ2) is 8.54. The molecule has 0 bridgehead atoms. The molecule has 35 heavy (non-hydrogen) atoms. The van der Waals surface area contributed by atoms with Crippen molar-refractivity contribution < 1.29 is 33.9 Å². The van der Waals surface area contributed by atoms with Crippen LogP contribution in [0.1, 0.15) is 24.6 Å². The van der Waals surface area contributed by atoms with E-state index in [9.17, 15) is 10.1 Å². The third-order valence-electron chi connectivity index (χ3n) is 6.79. The first-order valence-corrected chi connectivity index (χ1v) is 11.6. The number of nitrogens with one attached hydrogen (secondary N) is 2. The van der Waals surface area contributed by atoms with E-state index in [-0.39, 0.29) is 25.7 Å². The van der Waals surface area contributed by atoms with Crippen LogP contribution in [0.3, 0.4) is 0 Å². The Morgan fingerprint density at radius 1 is 1.26 bits per heavy atom. The fraction of sp³-hybridized carbons (Fsp3) is 0.458. The normalized spacial score (nSPS) is 22.7. The molecule has 3 N–H and O–H groups in total. The zero-order valence-corrected chi connectivity index (χ0v) is 19.3. The lowest BCUT2D eigenvalue weighted by Crippen LogP contribution is -2.55. The Hall–Kier alpha value is -3.09. The summed E-state index contributed by atoms with van der Waals surface area (Å²) in [5, 5.41) is 13.0. The van der Waals surface area contributed by atoms with Crippen molar-refractivity contribution in [3.63, 3.8) is 0 Å². The minimum absolute atomic E-state index is 0.133. The highest BCUT2D eigenvalue weighted by atomic mass is 17.1. The highest BCUT2D eigenvalue weighted by molar-refractivity contribution is 5.97. The third-order valence-corrected chi connectivity index (χ3v) is 6.79. The van der Waals surface area contributed by atoms with E-state index in [0.717, 1.165) is 27.7 Å². The molecule has 6 heterocycles. The van der Waals surface area contributed by atoms with Gasteiger partial charge in [0.05, 0.1) is 49.5 Å². The molecule has 0 radical (unpaired) electrons. The monoisotopic (exact) mass is 482 g/mol. The van der Waals surface area contributed by atoms with Crippen molar-refractivity contribution in [2.45, 2.75) is 31.0 Å². The Balaban J connectivity index is 1.46. The summed E-state index contributed by atoms with van der Waals surface area (Å²) in [4.78, 5) is 28.8. The maximum absolute atomic E-state index is 11.5. The molecule has 3 aliphatic heterocycles.